The molecule has 6 heteroatoms. The van der Waals surface area contributed by atoms with Crippen LogP contribution in [0.1, 0.15) is 47.0 Å². The first-order chi connectivity index (χ1) is 10.3. The number of nitrogens with zero attached hydrogens (tertiary/aromatic N) is 2. The van der Waals surface area contributed by atoms with Gasteiger partial charge in [-0.2, -0.15) is 5.26 Å². The van der Waals surface area contributed by atoms with Crippen molar-refractivity contribution >= 4 is 5.97 Å². The molecule has 1 fully saturated rings. The number of ether oxygens (including phenoxy) is 2. The second-order valence-corrected chi connectivity index (χ2v) is 6.34. The molecule has 22 heavy (non-hydrogen) atoms. The van der Waals surface area contributed by atoms with Gasteiger partial charge >= 0.3 is 5.97 Å². The monoisotopic (exact) mass is 310 g/mol. The van der Waals surface area contributed by atoms with E-state index in [1.807, 2.05) is 31.7 Å². The highest BCUT2D eigenvalue weighted by Gasteiger charge is 2.27. The van der Waals surface area contributed by atoms with Crippen molar-refractivity contribution in [2.45, 2.75) is 64.9 Å². The SMILES string of the molecule is CCOC(=O)/C(C#N)=C/N(CC(O)OC(C)(C)C)C1CCC1. The molecule has 1 saturated carbocycles. The number of hydrogen-bond acceptors (Lipinski definition) is 6. The van der Waals surface area contributed by atoms with Crippen LogP contribution in [0.4, 0.5) is 0 Å². The number of rotatable bonds is 7. The number of carbonyl (C=O) groups excluding carboxylic acids is 1. The Balaban J connectivity index is 2.79. The molecule has 1 aliphatic carbocycles. The van der Waals surface area contributed by atoms with E-state index in [-0.39, 0.29) is 24.8 Å². The van der Waals surface area contributed by atoms with Gasteiger partial charge < -0.3 is 19.5 Å². The predicted molar refractivity (Wildman–Crippen MR) is 81.5 cm³/mol. The standard InChI is InChI=1S/C16H26N2O4/c1-5-21-15(20)12(9-17)10-18(13-7-6-8-13)11-14(19)22-16(2,3)4/h10,13-14,19H,5-8,11H2,1-4H3/b12-10+. The van der Waals surface area contributed by atoms with Crippen LogP contribution in [0, 0.1) is 11.3 Å². The molecule has 0 amide bonds. The molecular formula is C16H26N2O4. The molecule has 0 radical (unpaired) electrons. The van der Waals surface area contributed by atoms with Crippen molar-refractivity contribution in [3.8, 4) is 6.07 Å². The van der Waals surface area contributed by atoms with Crippen LogP contribution in [0.25, 0.3) is 0 Å². The highest BCUT2D eigenvalue weighted by molar-refractivity contribution is 5.92. The van der Waals surface area contributed by atoms with Gasteiger partial charge in [0.05, 0.1) is 18.8 Å². The van der Waals surface area contributed by atoms with Crippen molar-refractivity contribution in [3.63, 3.8) is 0 Å². The van der Waals surface area contributed by atoms with Crippen LogP contribution in [0.3, 0.4) is 0 Å². The molecule has 1 rings (SSSR count). The van der Waals surface area contributed by atoms with Crippen molar-refractivity contribution in [2.24, 2.45) is 0 Å². The molecule has 1 N–H and O–H groups in total. The van der Waals surface area contributed by atoms with E-state index in [0.29, 0.717) is 0 Å². The Morgan fingerprint density at radius 3 is 2.55 bits per heavy atom. The summed E-state index contributed by atoms with van der Waals surface area (Å²) in [6, 6.07) is 2.08. The van der Waals surface area contributed by atoms with E-state index in [1.54, 1.807) is 6.92 Å². The van der Waals surface area contributed by atoms with E-state index in [0.717, 1.165) is 19.3 Å². The summed E-state index contributed by atoms with van der Waals surface area (Å²) < 4.78 is 10.4. The van der Waals surface area contributed by atoms with Crippen LogP contribution in [0.2, 0.25) is 0 Å². The zero-order chi connectivity index (χ0) is 16.8. The first kappa shape index (κ1) is 18.5. The quantitative estimate of drug-likeness (QED) is 0.335. The number of aliphatic hydroxyl groups excluding tert-OH is 1. The van der Waals surface area contributed by atoms with Gasteiger partial charge in [-0.25, -0.2) is 4.79 Å². The van der Waals surface area contributed by atoms with Crippen LogP contribution in [0.5, 0.6) is 0 Å². The Bertz CT molecular complexity index is 444. The third-order valence-electron chi connectivity index (χ3n) is 3.31. The lowest BCUT2D eigenvalue weighted by atomic mass is 9.91. The van der Waals surface area contributed by atoms with E-state index in [2.05, 4.69) is 0 Å². The molecule has 1 unspecified atom stereocenters. The minimum Gasteiger partial charge on any atom is -0.462 e. The summed E-state index contributed by atoms with van der Waals surface area (Å²) in [7, 11) is 0. The Kier molecular flexibility index (Phi) is 6.85. The maximum Gasteiger partial charge on any atom is 0.350 e. The lowest BCUT2D eigenvalue weighted by Crippen LogP contribution is -2.43. The van der Waals surface area contributed by atoms with Crippen LogP contribution in [-0.2, 0) is 14.3 Å². The van der Waals surface area contributed by atoms with Crippen molar-refractivity contribution < 1.29 is 19.4 Å². The fourth-order valence-corrected chi connectivity index (χ4v) is 2.15. The van der Waals surface area contributed by atoms with Gasteiger partial charge in [0.2, 0.25) is 0 Å². The lowest BCUT2D eigenvalue weighted by molar-refractivity contribution is -0.174. The first-order valence-corrected chi connectivity index (χ1v) is 7.67. The molecule has 0 heterocycles. The van der Waals surface area contributed by atoms with Gasteiger partial charge in [-0.15, -0.1) is 0 Å². The summed E-state index contributed by atoms with van der Waals surface area (Å²) in [6.45, 7) is 7.71. The van der Waals surface area contributed by atoms with Crippen molar-refractivity contribution in [1.29, 1.82) is 5.26 Å². The molecular weight excluding hydrogens is 284 g/mol. The Morgan fingerprint density at radius 2 is 2.14 bits per heavy atom. The largest absolute Gasteiger partial charge is 0.462 e. The smallest absolute Gasteiger partial charge is 0.350 e. The van der Waals surface area contributed by atoms with E-state index >= 15 is 0 Å². The van der Waals surface area contributed by atoms with Crippen LogP contribution in [0.15, 0.2) is 11.8 Å². The summed E-state index contributed by atoms with van der Waals surface area (Å²) in [5.41, 5.74) is -0.523. The second kappa shape index (κ2) is 8.16. The molecule has 1 atom stereocenters. The molecule has 0 aromatic heterocycles. The summed E-state index contributed by atoms with van der Waals surface area (Å²) in [4.78, 5) is 13.5. The van der Waals surface area contributed by atoms with Crippen LogP contribution in [-0.4, -0.2) is 47.1 Å². The zero-order valence-corrected chi connectivity index (χ0v) is 13.8. The number of esters is 1. The lowest BCUT2D eigenvalue weighted by Gasteiger charge is -2.38. The molecule has 124 valence electrons. The molecule has 0 aliphatic heterocycles. The van der Waals surface area contributed by atoms with Gasteiger partial charge in [-0.3, -0.25) is 0 Å². The molecule has 0 aromatic carbocycles. The number of hydrogen-bond donors (Lipinski definition) is 1. The minimum absolute atomic E-state index is 0.0586. The third-order valence-corrected chi connectivity index (χ3v) is 3.31. The molecule has 0 bridgehead atoms. The highest BCUT2D eigenvalue weighted by Crippen LogP contribution is 2.26. The van der Waals surface area contributed by atoms with Gasteiger partial charge in [0, 0.05) is 12.2 Å². The second-order valence-electron chi connectivity index (χ2n) is 6.34. The van der Waals surface area contributed by atoms with Gasteiger partial charge in [-0.1, -0.05) is 0 Å². The maximum atomic E-state index is 11.7. The highest BCUT2D eigenvalue weighted by atomic mass is 16.6. The minimum atomic E-state index is -0.987. The van der Waals surface area contributed by atoms with Gasteiger partial charge in [0.15, 0.2) is 11.9 Å². The van der Waals surface area contributed by atoms with Crippen LogP contribution >= 0.6 is 0 Å². The average Bonchev–Trinajstić information content (AvgIpc) is 2.31. The van der Waals surface area contributed by atoms with E-state index < -0.39 is 17.9 Å². The Hall–Kier alpha value is -1.58. The number of aliphatic hydroxyl groups is 1. The normalized spacial score (nSPS) is 17.4. The van der Waals surface area contributed by atoms with Crippen molar-refractivity contribution in [3.05, 3.63) is 11.8 Å². The van der Waals surface area contributed by atoms with Crippen LogP contribution < -0.4 is 0 Å². The number of nitriles is 1. The Morgan fingerprint density at radius 1 is 1.50 bits per heavy atom. The summed E-state index contributed by atoms with van der Waals surface area (Å²) in [5, 5.41) is 19.2. The summed E-state index contributed by atoms with van der Waals surface area (Å²) in [5.74, 6) is -0.638. The van der Waals surface area contributed by atoms with Gasteiger partial charge in [0.25, 0.3) is 0 Å². The fraction of sp³-hybridized carbons (Fsp3) is 0.750. The molecule has 0 aromatic rings. The van der Waals surface area contributed by atoms with Gasteiger partial charge in [-0.05, 0) is 47.0 Å². The topological polar surface area (TPSA) is 82.8 Å². The van der Waals surface area contributed by atoms with Crippen molar-refractivity contribution in [1.82, 2.24) is 4.90 Å². The fourth-order valence-electron chi connectivity index (χ4n) is 2.15. The van der Waals surface area contributed by atoms with Gasteiger partial charge in [0.1, 0.15) is 6.07 Å². The van der Waals surface area contributed by atoms with E-state index in [9.17, 15) is 9.90 Å². The molecule has 0 saturated heterocycles. The molecule has 0 spiro atoms. The van der Waals surface area contributed by atoms with E-state index in [4.69, 9.17) is 14.7 Å². The molecule has 6 nitrogen and oxygen atoms in total. The Labute approximate surface area is 132 Å². The predicted octanol–water partition coefficient (Wildman–Crippen LogP) is 1.94. The van der Waals surface area contributed by atoms with E-state index in [1.165, 1.54) is 6.20 Å². The third kappa shape index (κ3) is 6.04. The zero-order valence-electron chi connectivity index (χ0n) is 13.8. The first-order valence-electron chi connectivity index (χ1n) is 7.67. The maximum absolute atomic E-state index is 11.7. The summed E-state index contributed by atoms with van der Waals surface area (Å²) >= 11 is 0. The van der Waals surface area contributed by atoms with Crippen molar-refractivity contribution in [2.75, 3.05) is 13.2 Å². The average molecular weight is 310 g/mol. The molecule has 1 aliphatic rings. The number of carbonyl (C=O) groups is 1. The summed E-state index contributed by atoms with van der Waals surface area (Å²) in [6.07, 6.45) is 3.54.